The number of aryl methyl sites for hydroxylation is 2. The molecule has 0 heterocycles. The van der Waals surface area contributed by atoms with Crippen LogP contribution in [0.1, 0.15) is 27.9 Å². The number of hydrogen-bond donors (Lipinski definition) is 2. The van der Waals surface area contributed by atoms with Gasteiger partial charge in [0.1, 0.15) is 6.04 Å². The van der Waals surface area contributed by atoms with E-state index in [1.807, 2.05) is 19.9 Å². The Bertz CT molecular complexity index is 505. The number of amides is 1. The Labute approximate surface area is 120 Å². The van der Waals surface area contributed by atoms with Gasteiger partial charge in [0.05, 0.1) is 0 Å². The Morgan fingerprint density at radius 2 is 1.84 bits per heavy atom. The molecule has 0 saturated heterocycles. The van der Waals surface area contributed by atoms with E-state index in [-0.39, 0.29) is 6.42 Å². The molecule has 0 radical (unpaired) electrons. The zero-order valence-corrected chi connectivity index (χ0v) is 12.5. The third kappa shape index (κ3) is 4.87. The summed E-state index contributed by atoms with van der Waals surface area (Å²) < 4.78 is 0.528. The van der Waals surface area contributed by atoms with Crippen LogP contribution in [0.25, 0.3) is 0 Å². The summed E-state index contributed by atoms with van der Waals surface area (Å²) in [6.45, 7) is 7.36. The molecular formula is C14H16BrNO3. The Balaban J connectivity index is 2.87. The number of halogens is 1. The van der Waals surface area contributed by atoms with E-state index in [0.29, 0.717) is 10.0 Å². The Morgan fingerprint density at radius 3 is 2.26 bits per heavy atom. The van der Waals surface area contributed by atoms with E-state index in [1.165, 1.54) is 0 Å². The second kappa shape index (κ2) is 6.52. The van der Waals surface area contributed by atoms with Gasteiger partial charge in [-0.1, -0.05) is 39.7 Å². The Hall–Kier alpha value is -1.62. The molecule has 5 heteroatoms. The summed E-state index contributed by atoms with van der Waals surface area (Å²) in [7, 11) is 0. The number of aliphatic carboxylic acids is 1. The maximum Gasteiger partial charge on any atom is 0.326 e. The number of carboxylic acid groups (broad SMARTS) is 1. The molecule has 1 amide bonds. The predicted octanol–water partition coefficient (Wildman–Crippen LogP) is 2.79. The van der Waals surface area contributed by atoms with Crippen molar-refractivity contribution in [1.82, 2.24) is 5.32 Å². The standard InChI is InChI=1S/C14H16BrNO3/c1-8-4-9(2)6-11(5-8)13(17)16-12(14(18)19)7-10(3)15/h4-6,12H,3,7H2,1-2H3,(H,16,17)(H,18,19)/t12-/m0/s1. The summed E-state index contributed by atoms with van der Waals surface area (Å²) in [4.78, 5) is 23.1. The number of carbonyl (C=O) groups is 2. The first-order valence-corrected chi connectivity index (χ1v) is 6.54. The van der Waals surface area contributed by atoms with Crippen LogP contribution in [0.15, 0.2) is 29.3 Å². The van der Waals surface area contributed by atoms with Gasteiger partial charge in [-0.05, 0) is 30.5 Å². The molecule has 1 atom stereocenters. The van der Waals surface area contributed by atoms with Crippen molar-refractivity contribution in [3.63, 3.8) is 0 Å². The molecule has 0 aliphatic heterocycles. The number of rotatable bonds is 5. The number of benzene rings is 1. The first-order chi connectivity index (χ1) is 8.79. The minimum atomic E-state index is -1.08. The SMILES string of the molecule is C=C(Br)C[C@H](NC(=O)c1cc(C)cc(C)c1)C(=O)O. The molecule has 0 aromatic heterocycles. The van der Waals surface area contributed by atoms with Crippen LogP contribution in [0.2, 0.25) is 0 Å². The van der Waals surface area contributed by atoms with E-state index in [1.54, 1.807) is 12.1 Å². The molecule has 0 aliphatic rings. The molecule has 1 rings (SSSR count). The van der Waals surface area contributed by atoms with Crippen molar-refractivity contribution in [3.8, 4) is 0 Å². The summed E-state index contributed by atoms with van der Waals surface area (Å²) in [5.41, 5.74) is 2.38. The Morgan fingerprint density at radius 1 is 1.32 bits per heavy atom. The van der Waals surface area contributed by atoms with Crippen molar-refractivity contribution < 1.29 is 14.7 Å². The molecular weight excluding hydrogens is 310 g/mol. The number of carbonyl (C=O) groups excluding carboxylic acids is 1. The van der Waals surface area contributed by atoms with Crippen LogP contribution in [0, 0.1) is 13.8 Å². The highest BCUT2D eigenvalue weighted by atomic mass is 79.9. The maximum atomic E-state index is 12.0. The van der Waals surface area contributed by atoms with Crippen LogP contribution in [0.4, 0.5) is 0 Å². The fourth-order valence-electron chi connectivity index (χ4n) is 1.77. The van der Waals surface area contributed by atoms with Gasteiger partial charge in [-0.25, -0.2) is 4.79 Å². The highest BCUT2D eigenvalue weighted by Gasteiger charge is 2.21. The first-order valence-electron chi connectivity index (χ1n) is 5.75. The van der Waals surface area contributed by atoms with Gasteiger partial charge in [-0.2, -0.15) is 0 Å². The molecule has 1 aromatic rings. The topological polar surface area (TPSA) is 66.4 Å². The van der Waals surface area contributed by atoms with Gasteiger partial charge >= 0.3 is 5.97 Å². The van der Waals surface area contributed by atoms with Crippen LogP contribution < -0.4 is 5.32 Å². The van der Waals surface area contributed by atoms with E-state index in [9.17, 15) is 9.59 Å². The minimum absolute atomic E-state index is 0.145. The van der Waals surface area contributed by atoms with E-state index in [0.717, 1.165) is 11.1 Å². The van der Waals surface area contributed by atoms with Crippen molar-refractivity contribution in [2.24, 2.45) is 0 Å². The zero-order valence-electron chi connectivity index (χ0n) is 10.9. The molecule has 1 aromatic carbocycles. The number of hydrogen-bond acceptors (Lipinski definition) is 2. The lowest BCUT2D eigenvalue weighted by Crippen LogP contribution is -2.40. The lowest BCUT2D eigenvalue weighted by atomic mass is 10.1. The van der Waals surface area contributed by atoms with E-state index in [4.69, 9.17) is 5.11 Å². The largest absolute Gasteiger partial charge is 0.480 e. The molecule has 0 fully saturated rings. The molecule has 102 valence electrons. The summed E-state index contributed by atoms with van der Waals surface area (Å²) in [5.74, 6) is -1.48. The zero-order chi connectivity index (χ0) is 14.6. The fraction of sp³-hybridized carbons (Fsp3) is 0.286. The summed E-state index contributed by atoms with van der Waals surface area (Å²) >= 11 is 3.10. The molecule has 4 nitrogen and oxygen atoms in total. The van der Waals surface area contributed by atoms with E-state index in [2.05, 4.69) is 27.8 Å². The third-order valence-electron chi connectivity index (χ3n) is 2.51. The van der Waals surface area contributed by atoms with E-state index < -0.39 is 17.9 Å². The monoisotopic (exact) mass is 325 g/mol. The van der Waals surface area contributed by atoms with Crippen molar-refractivity contribution in [1.29, 1.82) is 0 Å². The van der Waals surface area contributed by atoms with Gasteiger partial charge in [0, 0.05) is 12.0 Å². The van der Waals surface area contributed by atoms with Crippen LogP contribution >= 0.6 is 15.9 Å². The average molecular weight is 326 g/mol. The average Bonchev–Trinajstić information content (AvgIpc) is 2.25. The van der Waals surface area contributed by atoms with Crippen LogP contribution in [0.3, 0.4) is 0 Å². The number of carboxylic acids is 1. The van der Waals surface area contributed by atoms with Crippen molar-refractivity contribution in [3.05, 3.63) is 46.0 Å². The highest BCUT2D eigenvalue weighted by molar-refractivity contribution is 9.11. The molecule has 0 bridgehead atoms. The van der Waals surface area contributed by atoms with Gasteiger partial charge in [0.2, 0.25) is 0 Å². The summed E-state index contributed by atoms with van der Waals surface area (Å²) in [5, 5.41) is 11.5. The first kappa shape index (κ1) is 15.4. The highest BCUT2D eigenvalue weighted by Crippen LogP contribution is 2.12. The second-order valence-electron chi connectivity index (χ2n) is 4.46. The summed E-state index contributed by atoms with van der Waals surface area (Å²) in [6, 6.07) is 4.42. The smallest absolute Gasteiger partial charge is 0.326 e. The molecule has 0 unspecified atom stereocenters. The Kier molecular flexibility index (Phi) is 5.30. The number of nitrogens with one attached hydrogen (secondary N) is 1. The minimum Gasteiger partial charge on any atom is -0.480 e. The van der Waals surface area contributed by atoms with Crippen LogP contribution in [-0.4, -0.2) is 23.0 Å². The van der Waals surface area contributed by atoms with Crippen molar-refractivity contribution in [2.45, 2.75) is 26.3 Å². The second-order valence-corrected chi connectivity index (χ2v) is 5.58. The van der Waals surface area contributed by atoms with Crippen LogP contribution in [-0.2, 0) is 4.79 Å². The molecule has 19 heavy (non-hydrogen) atoms. The molecule has 2 N–H and O–H groups in total. The maximum absolute atomic E-state index is 12.0. The van der Waals surface area contributed by atoms with Gasteiger partial charge in [0.15, 0.2) is 0 Å². The normalized spacial score (nSPS) is 11.7. The van der Waals surface area contributed by atoms with E-state index >= 15 is 0 Å². The third-order valence-corrected chi connectivity index (χ3v) is 2.84. The van der Waals surface area contributed by atoms with Gasteiger partial charge in [0.25, 0.3) is 5.91 Å². The van der Waals surface area contributed by atoms with Gasteiger partial charge in [-0.3, -0.25) is 4.79 Å². The molecule has 0 spiro atoms. The van der Waals surface area contributed by atoms with Gasteiger partial charge in [-0.15, -0.1) is 0 Å². The fourth-order valence-corrected chi connectivity index (χ4v) is 2.09. The lowest BCUT2D eigenvalue weighted by Gasteiger charge is -2.14. The summed E-state index contributed by atoms with van der Waals surface area (Å²) in [6.07, 6.45) is 0.145. The predicted molar refractivity (Wildman–Crippen MR) is 77.5 cm³/mol. The quantitative estimate of drug-likeness (QED) is 0.874. The lowest BCUT2D eigenvalue weighted by molar-refractivity contribution is -0.139. The van der Waals surface area contributed by atoms with Crippen LogP contribution in [0.5, 0.6) is 0 Å². The van der Waals surface area contributed by atoms with Gasteiger partial charge < -0.3 is 10.4 Å². The van der Waals surface area contributed by atoms with Crippen molar-refractivity contribution >= 4 is 27.8 Å². The van der Waals surface area contributed by atoms with Crippen molar-refractivity contribution in [2.75, 3.05) is 0 Å². The molecule has 0 aliphatic carbocycles. The molecule has 0 saturated carbocycles.